The Bertz CT molecular complexity index is 465. The number of carbonyl (C=O) groups excluding carboxylic acids is 1. The van der Waals surface area contributed by atoms with Crippen LogP contribution >= 0.6 is 0 Å². The average Bonchev–Trinajstić information content (AvgIpc) is 3.10. The third kappa shape index (κ3) is 2.94. The Morgan fingerprint density at radius 2 is 2.10 bits per heavy atom. The van der Waals surface area contributed by atoms with Gasteiger partial charge in [-0.15, -0.1) is 0 Å². The van der Waals surface area contributed by atoms with Crippen molar-refractivity contribution in [1.82, 2.24) is 4.98 Å². The van der Waals surface area contributed by atoms with E-state index in [0.29, 0.717) is 0 Å². The van der Waals surface area contributed by atoms with Crippen LogP contribution in [0.4, 0.5) is 11.5 Å². The van der Waals surface area contributed by atoms with Crippen LogP contribution in [0.3, 0.4) is 0 Å². The van der Waals surface area contributed by atoms with E-state index in [1.807, 2.05) is 12.1 Å². The predicted molar refractivity (Wildman–Crippen MR) is 80.8 cm³/mol. The minimum atomic E-state index is 0.159. The molecule has 1 saturated carbocycles. The van der Waals surface area contributed by atoms with E-state index in [0.717, 1.165) is 43.4 Å². The summed E-state index contributed by atoms with van der Waals surface area (Å²) in [5.74, 6) is 2.13. The SMILES string of the molecule is CC1CCN(c2ccc(NC(=O)C3CCCC3)cn2)C1. The molecule has 2 heterocycles. The molecule has 108 valence electrons. The highest BCUT2D eigenvalue weighted by atomic mass is 16.1. The number of hydrogen-bond donors (Lipinski definition) is 1. The van der Waals surface area contributed by atoms with Crippen LogP contribution in [0.1, 0.15) is 39.0 Å². The molecule has 2 aliphatic rings. The fraction of sp³-hybridized carbons (Fsp3) is 0.625. The minimum Gasteiger partial charge on any atom is -0.356 e. The molecule has 20 heavy (non-hydrogen) atoms. The van der Waals surface area contributed by atoms with Crippen LogP contribution < -0.4 is 10.2 Å². The lowest BCUT2D eigenvalue weighted by atomic mass is 10.1. The first kappa shape index (κ1) is 13.4. The first-order valence-corrected chi connectivity index (χ1v) is 7.74. The molecular weight excluding hydrogens is 250 g/mol. The van der Waals surface area contributed by atoms with E-state index in [4.69, 9.17) is 0 Å². The Labute approximate surface area is 120 Å². The monoisotopic (exact) mass is 273 g/mol. The van der Waals surface area contributed by atoms with Crippen LogP contribution in [-0.4, -0.2) is 24.0 Å². The smallest absolute Gasteiger partial charge is 0.227 e. The second-order valence-corrected chi connectivity index (χ2v) is 6.22. The van der Waals surface area contributed by atoms with E-state index in [2.05, 4.69) is 22.1 Å². The summed E-state index contributed by atoms with van der Waals surface area (Å²) in [5, 5.41) is 2.99. The largest absolute Gasteiger partial charge is 0.356 e. The van der Waals surface area contributed by atoms with Gasteiger partial charge in [0.2, 0.25) is 5.91 Å². The lowest BCUT2D eigenvalue weighted by Gasteiger charge is -2.17. The summed E-state index contributed by atoms with van der Waals surface area (Å²) in [7, 11) is 0. The van der Waals surface area contributed by atoms with Crippen LogP contribution in [0, 0.1) is 11.8 Å². The van der Waals surface area contributed by atoms with Crippen molar-refractivity contribution in [3.8, 4) is 0 Å². The van der Waals surface area contributed by atoms with E-state index in [-0.39, 0.29) is 11.8 Å². The second kappa shape index (κ2) is 5.81. The molecule has 1 atom stereocenters. The molecule has 1 aliphatic heterocycles. The Kier molecular flexibility index (Phi) is 3.90. The third-order valence-corrected chi connectivity index (χ3v) is 4.49. The molecule has 1 aliphatic carbocycles. The van der Waals surface area contributed by atoms with Gasteiger partial charge in [-0.3, -0.25) is 4.79 Å². The number of pyridine rings is 1. The molecule has 1 amide bonds. The molecule has 1 unspecified atom stereocenters. The van der Waals surface area contributed by atoms with Crippen molar-refractivity contribution in [2.24, 2.45) is 11.8 Å². The maximum absolute atomic E-state index is 12.0. The van der Waals surface area contributed by atoms with Gasteiger partial charge in [-0.05, 0) is 37.3 Å². The zero-order valence-electron chi connectivity index (χ0n) is 12.1. The molecule has 1 N–H and O–H groups in total. The molecule has 0 radical (unpaired) electrons. The van der Waals surface area contributed by atoms with Gasteiger partial charge in [0.1, 0.15) is 5.82 Å². The van der Waals surface area contributed by atoms with Crippen LogP contribution in [0.5, 0.6) is 0 Å². The van der Waals surface area contributed by atoms with Gasteiger partial charge in [-0.1, -0.05) is 19.8 Å². The number of nitrogens with zero attached hydrogens (tertiary/aromatic N) is 2. The number of carbonyl (C=O) groups is 1. The predicted octanol–water partition coefficient (Wildman–Crippen LogP) is 3.06. The van der Waals surface area contributed by atoms with Crippen molar-refractivity contribution in [1.29, 1.82) is 0 Å². The quantitative estimate of drug-likeness (QED) is 0.920. The Morgan fingerprint density at radius 3 is 2.70 bits per heavy atom. The van der Waals surface area contributed by atoms with Crippen molar-refractivity contribution in [2.75, 3.05) is 23.3 Å². The van der Waals surface area contributed by atoms with Crippen LogP contribution in [0.25, 0.3) is 0 Å². The summed E-state index contributed by atoms with van der Waals surface area (Å²) in [6, 6.07) is 3.99. The molecule has 1 aromatic rings. The summed E-state index contributed by atoms with van der Waals surface area (Å²) < 4.78 is 0. The van der Waals surface area contributed by atoms with Gasteiger partial charge < -0.3 is 10.2 Å². The number of rotatable bonds is 3. The molecule has 4 heteroatoms. The Hall–Kier alpha value is -1.58. The van der Waals surface area contributed by atoms with Gasteiger partial charge >= 0.3 is 0 Å². The van der Waals surface area contributed by atoms with Gasteiger partial charge in [0.25, 0.3) is 0 Å². The summed E-state index contributed by atoms with van der Waals surface area (Å²) >= 11 is 0. The Morgan fingerprint density at radius 1 is 1.30 bits per heavy atom. The molecule has 0 bridgehead atoms. The fourth-order valence-corrected chi connectivity index (χ4v) is 3.22. The lowest BCUT2D eigenvalue weighted by molar-refractivity contribution is -0.119. The van der Waals surface area contributed by atoms with Crippen LogP contribution in [0.15, 0.2) is 18.3 Å². The molecule has 0 spiro atoms. The zero-order valence-corrected chi connectivity index (χ0v) is 12.1. The van der Waals surface area contributed by atoms with E-state index >= 15 is 0 Å². The topological polar surface area (TPSA) is 45.2 Å². The van der Waals surface area contributed by atoms with Crippen LogP contribution in [-0.2, 0) is 4.79 Å². The maximum atomic E-state index is 12.0. The highest BCUT2D eigenvalue weighted by Gasteiger charge is 2.23. The Balaban J connectivity index is 1.59. The van der Waals surface area contributed by atoms with Crippen molar-refractivity contribution in [3.05, 3.63) is 18.3 Å². The van der Waals surface area contributed by atoms with E-state index in [9.17, 15) is 4.79 Å². The molecule has 1 aromatic heterocycles. The number of anilines is 2. The molecule has 3 rings (SSSR count). The van der Waals surface area contributed by atoms with Crippen LogP contribution in [0.2, 0.25) is 0 Å². The van der Waals surface area contributed by atoms with Crippen molar-refractivity contribution >= 4 is 17.4 Å². The van der Waals surface area contributed by atoms with Crippen molar-refractivity contribution < 1.29 is 4.79 Å². The number of nitrogens with one attached hydrogen (secondary N) is 1. The fourth-order valence-electron chi connectivity index (χ4n) is 3.22. The normalized spacial score (nSPS) is 23.2. The number of aromatic nitrogens is 1. The number of amides is 1. The lowest BCUT2D eigenvalue weighted by Crippen LogP contribution is -2.22. The second-order valence-electron chi connectivity index (χ2n) is 6.22. The first-order valence-electron chi connectivity index (χ1n) is 7.74. The van der Waals surface area contributed by atoms with Gasteiger partial charge in [0, 0.05) is 19.0 Å². The summed E-state index contributed by atoms with van der Waals surface area (Å²) in [6.07, 6.45) is 7.45. The highest BCUT2D eigenvalue weighted by Crippen LogP contribution is 2.26. The van der Waals surface area contributed by atoms with Gasteiger partial charge in [0.05, 0.1) is 11.9 Å². The molecule has 4 nitrogen and oxygen atoms in total. The first-order chi connectivity index (χ1) is 9.72. The molecule has 0 aromatic carbocycles. The van der Waals surface area contributed by atoms with Gasteiger partial charge in [0.15, 0.2) is 0 Å². The molecular formula is C16H23N3O. The van der Waals surface area contributed by atoms with Crippen molar-refractivity contribution in [3.63, 3.8) is 0 Å². The summed E-state index contributed by atoms with van der Waals surface area (Å²) in [4.78, 5) is 18.8. The summed E-state index contributed by atoms with van der Waals surface area (Å²) in [5.41, 5.74) is 0.817. The standard InChI is InChI=1S/C16H23N3O/c1-12-8-9-19(11-12)15-7-6-14(10-17-15)18-16(20)13-4-2-3-5-13/h6-7,10,12-13H,2-5,8-9,11H2,1H3,(H,18,20). The zero-order chi connectivity index (χ0) is 13.9. The van der Waals surface area contributed by atoms with E-state index in [1.165, 1.54) is 19.3 Å². The van der Waals surface area contributed by atoms with Gasteiger partial charge in [-0.2, -0.15) is 0 Å². The number of hydrogen-bond acceptors (Lipinski definition) is 3. The molecule has 1 saturated heterocycles. The minimum absolute atomic E-state index is 0.159. The van der Waals surface area contributed by atoms with Crippen molar-refractivity contribution in [2.45, 2.75) is 39.0 Å². The van der Waals surface area contributed by atoms with Gasteiger partial charge in [-0.25, -0.2) is 4.98 Å². The van der Waals surface area contributed by atoms with E-state index in [1.54, 1.807) is 6.20 Å². The van der Waals surface area contributed by atoms with E-state index < -0.39 is 0 Å². The average molecular weight is 273 g/mol. The molecule has 2 fully saturated rings. The maximum Gasteiger partial charge on any atom is 0.227 e. The highest BCUT2D eigenvalue weighted by molar-refractivity contribution is 5.92. The summed E-state index contributed by atoms with van der Waals surface area (Å²) in [6.45, 7) is 4.44. The third-order valence-electron chi connectivity index (χ3n) is 4.49.